The Balaban J connectivity index is 1.54. The maximum absolute atomic E-state index is 13.5. The van der Waals surface area contributed by atoms with Gasteiger partial charge in [0.25, 0.3) is 0 Å². The van der Waals surface area contributed by atoms with Crippen molar-refractivity contribution in [3.8, 4) is 0 Å². The quantitative estimate of drug-likeness (QED) is 0.296. The maximum atomic E-state index is 13.5. The van der Waals surface area contributed by atoms with E-state index in [0.717, 1.165) is 17.7 Å². The Morgan fingerprint density at radius 3 is 2.89 bits per heavy atom. The fourth-order valence-electron chi connectivity index (χ4n) is 4.37. The van der Waals surface area contributed by atoms with E-state index in [9.17, 15) is 18.3 Å². The van der Waals surface area contributed by atoms with Gasteiger partial charge in [-0.2, -0.15) is 8.42 Å². The van der Waals surface area contributed by atoms with E-state index in [1.165, 1.54) is 23.9 Å². The third-order valence-corrected chi connectivity index (χ3v) is 7.93. The van der Waals surface area contributed by atoms with Gasteiger partial charge in [0.05, 0.1) is 23.7 Å². The van der Waals surface area contributed by atoms with Crippen LogP contribution >= 0.6 is 22.9 Å². The van der Waals surface area contributed by atoms with Crippen molar-refractivity contribution in [1.82, 2.24) is 9.97 Å². The molecule has 37 heavy (non-hydrogen) atoms. The van der Waals surface area contributed by atoms with Crippen LogP contribution in [0.5, 0.6) is 0 Å². The Labute approximate surface area is 224 Å². The molecule has 198 valence electrons. The minimum atomic E-state index is -3.99. The minimum absolute atomic E-state index is 0.0150. The van der Waals surface area contributed by atoms with Crippen LogP contribution in [0.4, 0.5) is 5.82 Å². The molecule has 3 atom stereocenters. The van der Waals surface area contributed by atoms with Crippen LogP contribution in [0.2, 0.25) is 5.02 Å². The number of carbonyl (C=O) groups is 1. The van der Waals surface area contributed by atoms with E-state index in [1.807, 2.05) is 0 Å². The van der Waals surface area contributed by atoms with Crippen molar-refractivity contribution in [2.45, 2.75) is 38.0 Å². The van der Waals surface area contributed by atoms with E-state index in [-0.39, 0.29) is 31.0 Å². The lowest BCUT2D eigenvalue weighted by molar-refractivity contribution is 0.104. The number of ether oxygens (including phenoxy) is 1. The van der Waals surface area contributed by atoms with Crippen LogP contribution in [0.1, 0.15) is 56.6 Å². The first-order chi connectivity index (χ1) is 17.6. The second kappa shape index (κ2) is 11.9. The second-order valence-corrected chi connectivity index (χ2v) is 11.6. The predicted octanol–water partition coefficient (Wildman–Crippen LogP) is 3.45. The van der Waals surface area contributed by atoms with E-state index in [4.69, 9.17) is 25.7 Å². The Morgan fingerprint density at radius 1 is 1.35 bits per heavy atom. The highest BCUT2D eigenvalue weighted by Gasteiger charge is 2.28. The van der Waals surface area contributed by atoms with Crippen molar-refractivity contribution < 1.29 is 27.2 Å². The number of hydrogen-bond donors (Lipinski definition) is 3. The molecule has 0 saturated heterocycles. The smallest absolute Gasteiger partial charge is 0.333 e. The monoisotopic (exact) mass is 566 g/mol. The van der Waals surface area contributed by atoms with Gasteiger partial charge in [0, 0.05) is 34.8 Å². The van der Waals surface area contributed by atoms with Gasteiger partial charge in [0.1, 0.15) is 18.2 Å². The van der Waals surface area contributed by atoms with Gasteiger partial charge >= 0.3 is 10.3 Å². The Hall–Kier alpha value is -2.45. The Bertz CT molecular complexity index is 1370. The number of methoxy groups -OCH3 is 1. The van der Waals surface area contributed by atoms with Crippen molar-refractivity contribution >= 4 is 44.8 Å². The highest BCUT2D eigenvalue weighted by Crippen LogP contribution is 2.35. The van der Waals surface area contributed by atoms with E-state index in [2.05, 4.69) is 15.3 Å². The molecular weight excluding hydrogens is 540 g/mol. The summed E-state index contributed by atoms with van der Waals surface area (Å²) in [5.41, 5.74) is 1.47. The first kappa shape index (κ1) is 27.6. The minimum Gasteiger partial charge on any atom is -0.384 e. The first-order valence-corrected chi connectivity index (χ1v) is 14.1. The molecular formula is C24H27ClN4O6S2. The molecule has 0 spiro atoms. The number of aliphatic hydroxyl groups excluding tert-OH is 1. The van der Waals surface area contributed by atoms with Gasteiger partial charge in [-0.1, -0.05) is 23.7 Å². The van der Waals surface area contributed by atoms with E-state index >= 15 is 0 Å². The largest absolute Gasteiger partial charge is 0.384 e. The molecule has 1 aromatic carbocycles. The molecule has 0 bridgehead atoms. The molecule has 0 radical (unpaired) electrons. The molecule has 4 N–H and O–H groups in total. The maximum Gasteiger partial charge on any atom is 0.333 e. The summed E-state index contributed by atoms with van der Waals surface area (Å²) in [4.78, 5) is 23.0. The number of nitrogens with zero attached hydrogens (tertiary/aromatic N) is 2. The molecule has 1 aliphatic rings. The summed E-state index contributed by atoms with van der Waals surface area (Å²) in [5, 5.41) is 19.8. The molecule has 1 aliphatic carbocycles. The fourth-order valence-corrected chi connectivity index (χ4v) is 6.07. The lowest BCUT2D eigenvalue weighted by Gasteiger charge is -2.15. The number of aromatic nitrogens is 2. The summed E-state index contributed by atoms with van der Waals surface area (Å²) in [6.07, 6.45) is 3.97. The lowest BCUT2D eigenvalue weighted by atomic mass is 10.0. The molecule has 4 rings (SSSR count). The molecule has 0 amide bonds. The number of halogens is 1. The fraction of sp³-hybridized carbons (Fsp3) is 0.375. The number of benzene rings is 1. The molecule has 2 unspecified atom stereocenters. The normalized spacial score (nSPS) is 18.6. The van der Waals surface area contributed by atoms with Crippen molar-refractivity contribution in [2.75, 3.05) is 19.0 Å². The standard InChI is InChI=1S/C24H27ClN4O6S2/c1-34-12-21-18(22(30)15-3-2-4-16(25)8-15)9-20(36-21)23(31)19-10-27-13-28-24(19)29-17-6-5-14(7-17)11-35-37(26,32)33/h2-4,8-10,13-14,17,22,30H,5-7,11-12H2,1H3,(H2,26,32,33)(H,27,28,29)/t14?,17-,22?/m0/s1. The first-order valence-electron chi connectivity index (χ1n) is 11.5. The van der Waals surface area contributed by atoms with Crippen LogP contribution < -0.4 is 10.5 Å². The molecule has 3 aromatic rings. The van der Waals surface area contributed by atoms with Gasteiger partial charge in [-0.3, -0.25) is 8.98 Å². The van der Waals surface area contributed by atoms with Gasteiger partial charge < -0.3 is 15.2 Å². The summed E-state index contributed by atoms with van der Waals surface area (Å²) in [7, 11) is -2.44. The topological polar surface area (TPSA) is 154 Å². The molecule has 10 nitrogen and oxygen atoms in total. The average Bonchev–Trinajstić information content (AvgIpc) is 3.49. The zero-order valence-electron chi connectivity index (χ0n) is 20.0. The third-order valence-electron chi connectivity index (χ3n) is 6.11. The molecule has 0 aliphatic heterocycles. The van der Waals surface area contributed by atoms with Crippen LogP contribution in [0.25, 0.3) is 0 Å². The number of carbonyl (C=O) groups excluding carboxylic acids is 1. The van der Waals surface area contributed by atoms with Crippen LogP contribution in [-0.4, -0.2) is 49.0 Å². The van der Waals surface area contributed by atoms with Crippen LogP contribution in [0.3, 0.4) is 0 Å². The summed E-state index contributed by atoms with van der Waals surface area (Å²) >= 11 is 7.34. The average molecular weight is 567 g/mol. The van der Waals surface area contributed by atoms with Crippen LogP contribution in [-0.2, 0) is 25.8 Å². The SMILES string of the molecule is COCc1sc(C(=O)c2cncnc2N[C@H]2CCC(COS(N)(=O)=O)C2)cc1C(O)c1cccc(Cl)c1. The van der Waals surface area contributed by atoms with Crippen molar-refractivity contribution in [1.29, 1.82) is 0 Å². The van der Waals surface area contributed by atoms with Crippen LogP contribution in [0.15, 0.2) is 42.9 Å². The zero-order chi connectivity index (χ0) is 26.6. The zero-order valence-corrected chi connectivity index (χ0v) is 22.4. The Kier molecular flexibility index (Phi) is 8.90. The number of rotatable bonds is 11. The van der Waals surface area contributed by atoms with Crippen LogP contribution in [0, 0.1) is 5.92 Å². The van der Waals surface area contributed by atoms with Gasteiger partial charge in [-0.15, -0.1) is 11.3 Å². The molecule has 13 heteroatoms. The number of nitrogens with one attached hydrogen (secondary N) is 1. The molecule has 2 heterocycles. The molecule has 2 aromatic heterocycles. The number of aliphatic hydroxyl groups is 1. The number of ketones is 1. The Morgan fingerprint density at radius 2 is 2.16 bits per heavy atom. The summed E-state index contributed by atoms with van der Waals surface area (Å²) in [6, 6.07) is 8.56. The van der Waals surface area contributed by atoms with Gasteiger partial charge in [-0.25, -0.2) is 15.1 Å². The summed E-state index contributed by atoms with van der Waals surface area (Å²) in [6.45, 7) is 0.243. The van der Waals surface area contributed by atoms with Gasteiger partial charge in [-0.05, 0) is 48.9 Å². The lowest BCUT2D eigenvalue weighted by Crippen LogP contribution is -2.22. The third kappa shape index (κ3) is 7.11. The van der Waals surface area contributed by atoms with E-state index in [0.29, 0.717) is 38.8 Å². The van der Waals surface area contributed by atoms with Gasteiger partial charge in [0.15, 0.2) is 0 Å². The van der Waals surface area contributed by atoms with Gasteiger partial charge in [0.2, 0.25) is 5.78 Å². The number of hydrogen-bond acceptors (Lipinski definition) is 10. The van der Waals surface area contributed by atoms with E-state index < -0.39 is 16.4 Å². The molecule has 1 fully saturated rings. The van der Waals surface area contributed by atoms with Crippen molar-refractivity contribution in [2.24, 2.45) is 11.1 Å². The summed E-state index contributed by atoms with van der Waals surface area (Å²) in [5.74, 6) is 0.111. The second-order valence-electron chi connectivity index (χ2n) is 8.79. The highest BCUT2D eigenvalue weighted by molar-refractivity contribution is 7.84. The predicted molar refractivity (Wildman–Crippen MR) is 140 cm³/mol. The number of anilines is 1. The van der Waals surface area contributed by atoms with Crippen molar-refractivity contribution in [3.05, 3.63) is 74.3 Å². The summed E-state index contributed by atoms with van der Waals surface area (Å²) < 4.78 is 32.2. The van der Waals surface area contributed by atoms with Crippen molar-refractivity contribution in [3.63, 3.8) is 0 Å². The molecule has 1 saturated carbocycles. The number of nitrogens with two attached hydrogens (primary N) is 1. The highest BCUT2D eigenvalue weighted by atomic mass is 35.5. The van der Waals surface area contributed by atoms with E-state index in [1.54, 1.807) is 37.4 Å². The number of thiophene rings is 1.